The zero-order valence-electron chi connectivity index (χ0n) is 15.8. The monoisotopic (exact) mass is 386 g/mol. The van der Waals surface area contributed by atoms with Gasteiger partial charge >= 0.3 is 0 Å². The summed E-state index contributed by atoms with van der Waals surface area (Å²) in [6.45, 7) is 7.02. The first kappa shape index (κ1) is 25.6. The first-order valence-electron chi connectivity index (χ1n) is 8.65. The van der Waals surface area contributed by atoms with E-state index in [1.165, 1.54) is 27.7 Å². The van der Waals surface area contributed by atoms with Crippen LogP contribution in [0.2, 0.25) is 0 Å². The Labute approximate surface area is 153 Å². The van der Waals surface area contributed by atoms with E-state index in [2.05, 4.69) is 0 Å². The summed E-state index contributed by atoms with van der Waals surface area (Å²) in [7, 11) is 0. The van der Waals surface area contributed by atoms with Gasteiger partial charge in [0.05, 0.1) is 24.4 Å². The van der Waals surface area contributed by atoms with Gasteiger partial charge in [-0.2, -0.15) is 0 Å². The van der Waals surface area contributed by atoms with Gasteiger partial charge in [-0.25, -0.2) is 0 Å². The predicted octanol–water partition coefficient (Wildman–Crippen LogP) is -1.97. The van der Waals surface area contributed by atoms with E-state index in [-0.39, 0.29) is 0 Å². The molecule has 0 saturated heterocycles. The summed E-state index contributed by atoms with van der Waals surface area (Å²) in [4.78, 5) is 0. The third-order valence-electron chi connectivity index (χ3n) is 3.76. The number of rotatable bonds is 13. The second-order valence-electron chi connectivity index (χ2n) is 6.42. The van der Waals surface area contributed by atoms with Crippen LogP contribution in [-0.4, -0.2) is 97.3 Å². The van der Waals surface area contributed by atoms with Crippen LogP contribution in [0.1, 0.15) is 41.0 Å². The molecule has 0 aromatic rings. The molecular formula is C16H34O10. The largest absolute Gasteiger partial charge is 0.391 e. The molecule has 0 aliphatic rings. The van der Waals surface area contributed by atoms with Crippen LogP contribution in [0.25, 0.3) is 0 Å². The number of ether oxygens (including phenoxy) is 3. The maximum atomic E-state index is 10.2. The minimum absolute atomic E-state index is 0.386. The molecule has 0 spiro atoms. The Balaban J connectivity index is 5.10. The van der Waals surface area contributed by atoms with Crippen molar-refractivity contribution in [2.75, 3.05) is 0 Å². The standard InChI is InChI=1S/C16H34O10/c1-6-11(7(2)17)24-15(23)13(9(4)19)25-16(10(5)20)26-14(22)12(21)8(3)18/h7-23H,6H2,1-5H3/t7-,8+,9+,10-,11?,12?,13?,14?,15?,16?/m0/s1. The number of aliphatic hydroxyl groups excluding tert-OH is 7. The van der Waals surface area contributed by atoms with E-state index in [1.807, 2.05) is 0 Å². The molecule has 10 nitrogen and oxygen atoms in total. The van der Waals surface area contributed by atoms with Crippen molar-refractivity contribution in [3.63, 3.8) is 0 Å². The Hall–Kier alpha value is -0.400. The van der Waals surface area contributed by atoms with Crippen molar-refractivity contribution in [1.82, 2.24) is 0 Å². The lowest BCUT2D eigenvalue weighted by atomic mass is 10.1. The van der Waals surface area contributed by atoms with Gasteiger partial charge in [-0.1, -0.05) is 6.92 Å². The Morgan fingerprint density at radius 3 is 1.50 bits per heavy atom. The molecule has 26 heavy (non-hydrogen) atoms. The first-order valence-corrected chi connectivity index (χ1v) is 8.65. The van der Waals surface area contributed by atoms with Crippen molar-refractivity contribution in [2.24, 2.45) is 0 Å². The summed E-state index contributed by atoms with van der Waals surface area (Å²) in [5, 5.41) is 68.0. The summed E-state index contributed by atoms with van der Waals surface area (Å²) >= 11 is 0. The van der Waals surface area contributed by atoms with E-state index in [0.29, 0.717) is 6.42 Å². The topological polar surface area (TPSA) is 169 Å². The summed E-state index contributed by atoms with van der Waals surface area (Å²) < 4.78 is 15.6. The number of hydrogen-bond acceptors (Lipinski definition) is 10. The fourth-order valence-electron chi connectivity index (χ4n) is 2.10. The van der Waals surface area contributed by atoms with Crippen molar-refractivity contribution in [3.8, 4) is 0 Å². The fraction of sp³-hybridized carbons (Fsp3) is 1.00. The zero-order valence-corrected chi connectivity index (χ0v) is 15.8. The van der Waals surface area contributed by atoms with E-state index in [4.69, 9.17) is 14.2 Å². The van der Waals surface area contributed by atoms with Gasteiger partial charge in [0.2, 0.25) is 0 Å². The molecular weight excluding hydrogens is 352 g/mol. The summed E-state index contributed by atoms with van der Waals surface area (Å²) in [5.41, 5.74) is 0. The van der Waals surface area contributed by atoms with Gasteiger partial charge < -0.3 is 50.0 Å². The molecule has 0 saturated carbocycles. The van der Waals surface area contributed by atoms with Crippen molar-refractivity contribution in [3.05, 3.63) is 0 Å². The van der Waals surface area contributed by atoms with Crippen LogP contribution in [0.4, 0.5) is 0 Å². The quantitative estimate of drug-likeness (QED) is 0.176. The van der Waals surface area contributed by atoms with Crippen molar-refractivity contribution >= 4 is 0 Å². The predicted molar refractivity (Wildman–Crippen MR) is 89.7 cm³/mol. The highest BCUT2D eigenvalue weighted by molar-refractivity contribution is 4.74. The summed E-state index contributed by atoms with van der Waals surface area (Å²) in [6.07, 6.45) is -13.3. The molecule has 0 aromatic heterocycles. The molecule has 0 fully saturated rings. The van der Waals surface area contributed by atoms with Crippen molar-refractivity contribution < 1.29 is 50.0 Å². The molecule has 6 unspecified atom stereocenters. The smallest absolute Gasteiger partial charge is 0.187 e. The van der Waals surface area contributed by atoms with Gasteiger partial charge in [0.15, 0.2) is 18.9 Å². The first-order chi connectivity index (χ1) is 11.9. The van der Waals surface area contributed by atoms with Gasteiger partial charge in [-0.15, -0.1) is 0 Å². The number of aliphatic hydroxyl groups is 7. The maximum absolute atomic E-state index is 10.2. The molecule has 0 aromatic carbocycles. The van der Waals surface area contributed by atoms with E-state index in [0.717, 1.165) is 0 Å². The molecule has 158 valence electrons. The second kappa shape index (κ2) is 12.1. The minimum atomic E-state index is -1.89. The van der Waals surface area contributed by atoms with E-state index < -0.39 is 61.6 Å². The Bertz CT molecular complexity index is 363. The third kappa shape index (κ3) is 8.53. The highest BCUT2D eigenvalue weighted by Gasteiger charge is 2.35. The minimum Gasteiger partial charge on any atom is -0.391 e. The SMILES string of the molecule is CCC(OC(O)C(OC(OC(O)C(O)[C@@H](C)O)[C@H](C)O)[C@@H](C)O)[C@H](C)O. The molecule has 0 aliphatic carbocycles. The molecule has 7 N–H and O–H groups in total. The van der Waals surface area contributed by atoms with E-state index in [1.54, 1.807) is 6.92 Å². The average Bonchev–Trinajstić information content (AvgIpc) is 2.53. The van der Waals surface area contributed by atoms with Crippen LogP contribution in [0.5, 0.6) is 0 Å². The zero-order chi connectivity index (χ0) is 20.6. The van der Waals surface area contributed by atoms with Crippen LogP contribution in [-0.2, 0) is 14.2 Å². The van der Waals surface area contributed by atoms with Crippen LogP contribution in [0, 0.1) is 0 Å². The molecule has 0 radical (unpaired) electrons. The molecule has 0 bridgehead atoms. The highest BCUT2D eigenvalue weighted by atomic mass is 16.8. The molecule has 0 rings (SSSR count). The summed E-state index contributed by atoms with van der Waals surface area (Å²) in [5.74, 6) is 0. The summed E-state index contributed by atoms with van der Waals surface area (Å²) in [6, 6.07) is 0. The third-order valence-corrected chi connectivity index (χ3v) is 3.76. The molecule has 0 aliphatic heterocycles. The van der Waals surface area contributed by atoms with E-state index in [9.17, 15) is 35.7 Å². The highest BCUT2D eigenvalue weighted by Crippen LogP contribution is 2.18. The molecule has 10 heteroatoms. The average molecular weight is 386 g/mol. The molecule has 0 amide bonds. The van der Waals surface area contributed by atoms with E-state index >= 15 is 0 Å². The Morgan fingerprint density at radius 2 is 1.15 bits per heavy atom. The van der Waals surface area contributed by atoms with Gasteiger partial charge in [0, 0.05) is 0 Å². The van der Waals surface area contributed by atoms with Crippen LogP contribution in [0.3, 0.4) is 0 Å². The normalized spacial score (nSPS) is 24.0. The van der Waals surface area contributed by atoms with Crippen LogP contribution < -0.4 is 0 Å². The van der Waals surface area contributed by atoms with Gasteiger partial charge in [-0.3, -0.25) is 0 Å². The lowest BCUT2D eigenvalue weighted by Gasteiger charge is -2.34. The van der Waals surface area contributed by atoms with Gasteiger partial charge in [0.25, 0.3) is 0 Å². The fourth-order valence-corrected chi connectivity index (χ4v) is 2.10. The van der Waals surface area contributed by atoms with Gasteiger partial charge in [0.1, 0.15) is 18.3 Å². The number of hydrogen-bond donors (Lipinski definition) is 7. The Kier molecular flexibility index (Phi) is 11.9. The molecule has 0 heterocycles. The lowest BCUT2D eigenvalue weighted by Crippen LogP contribution is -2.49. The lowest BCUT2D eigenvalue weighted by molar-refractivity contribution is -0.329. The van der Waals surface area contributed by atoms with Crippen molar-refractivity contribution in [1.29, 1.82) is 0 Å². The molecule has 10 atom stereocenters. The second-order valence-corrected chi connectivity index (χ2v) is 6.42. The van der Waals surface area contributed by atoms with Gasteiger partial charge in [-0.05, 0) is 34.1 Å². The van der Waals surface area contributed by atoms with Crippen LogP contribution >= 0.6 is 0 Å². The van der Waals surface area contributed by atoms with Crippen LogP contribution in [0.15, 0.2) is 0 Å². The maximum Gasteiger partial charge on any atom is 0.187 e. The Morgan fingerprint density at radius 1 is 0.615 bits per heavy atom. The van der Waals surface area contributed by atoms with Crippen molar-refractivity contribution in [2.45, 2.75) is 103 Å².